The molecule has 0 saturated heterocycles. The summed E-state index contributed by atoms with van der Waals surface area (Å²) in [5.41, 5.74) is 0.648. The van der Waals surface area contributed by atoms with Crippen LogP contribution in [0.25, 0.3) is 0 Å². The fourth-order valence-electron chi connectivity index (χ4n) is 2.55. The highest BCUT2D eigenvalue weighted by atomic mass is 35.5. The highest BCUT2D eigenvalue weighted by Crippen LogP contribution is 2.32. The molecule has 1 amide bonds. The van der Waals surface area contributed by atoms with Crippen LogP contribution >= 0.6 is 11.6 Å². The minimum Gasteiger partial charge on any atom is -0.454 e. The van der Waals surface area contributed by atoms with Crippen LogP contribution in [0.15, 0.2) is 41.3 Å². The van der Waals surface area contributed by atoms with E-state index in [1.165, 1.54) is 19.1 Å². The van der Waals surface area contributed by atoms with E-state index < -0.39 is 27.8 Å². The summed E-state index contributed by atoms with van der Waals surface area (Å²) in [7, 11) is -3.53. The lowest BCUT2D eigenvalue weighted by Gasteiger charge is -2.14. The molecule has 0 aliphatic carbocycles. The summed E-state index contributed by atoms with van der Waals surface area (Å²) in [6.45, 7) is 1.75. The lowest BCUT2D eigenvalue weighted by molar-refractivity contribution is -0.129. The second-order valence-corrected chi connectivity index (χ2v) is 8.79. The summed E-state index contributed by atoms with van der Waals surface area (Å²) in [6.07, 6.45) is -0.105. The molecule has 0 radical (unpaired) electrons. The molecule has 1 heterocycles. The van der Waals surface area contributed by atoms with Gasteiger partial charge in [0.2, 0.25) is 6.79 Å². The number of carbonyl (C=O) groups is 2. The maximum Gasteiger partial charge on any atom is 0.340 e. The molecule has 0 aromatic heterocycles. The summed E-state index contributed by atoms with van der Waals surface area (Å²) in [4.78, 5) is 24.5. The molecule has 1 aliphatic rings. The molecule has 3 rings (SSSR count). The number of sulfone groups is 1. The SMILES string of the molecule is C[C@H](OC(=O)c1cc(S(C)(=O)=O)ccc1Cl)C(=O)NCc1ccc2c(c1)OCO2. The predicted octanol–water partition coefficient (Wildman–Crippen LogP) is 2.33. The molecule has 0 unspecified atom stereocenters. The van der Waals surface area contributed by atoms with Crippen molar-refractivity contribution in [2.24, 2.45) is 0 Å². The van der Waals surface area contributed by atoms with Gasteiger partial charge in [-0.2, -0.15) is 0 Å². The van der Waals surface area contributed by atoms with Gasteiger partial charge in [-0.05, 0) is 42.8 Å². The first kappa shape index (κ1) is 20.9. The van der Waals surface area contributed by atoms with Crippen molar-refractivity contribution >= 4 is 33.3 Å². The Morgan fingerprint density at radius 2 is 1.90 bits per heavy atom. The van der Waals surface area contributed by atoms with E-state index in [4.69, 9.17) is 25.8 Å². The monoisotopic (exact) mass is 439 g/mol. The quantitative estimate of drug-likeness (QED) is 0.688. The van der Waals surface area contributed by atoms with Crippen LogP contribution in [0.1, 0.15) is 22.8 Å². The van der Waals surface area contributed by atoms with Crippen LogP contribution in [0.2, 0.25) is 5.02 Å². The fourth-order valence-corrected chi connectivity index (χ4v) is 3.39. The maximum atomic E-state index is 12.3. The van der Waals surface area contributed by atoms with E-state index in [1.807, 2.05) is 0 Å². The smallest absolute Gasteiger partial charge is 0.340 e. The molecular weight excluding hydrogens is 422 g/mol. The van der Waals surface area contributed by atoms with Crippen LogP contribution in [-0.2, 0) is 25.9 Å². The number of esters is 1. The van der Waals surface area contributed by atoms with Crippen molar-refractivity contribution in [3.63, 3.8) is 0 Å². The van der Waals surface area contributed by atoms with Gasteiger partial charge in [0.15, 0.2) is 27.4 Å². The van der Waals surface area contributed by atoms with Crippen LogP contribution in [0.5, 0.6) is 11.5 Å². The number of nitrogens with one attached hydrogen (secondary N) is 1. The third-order valence-corrected chi connectivity index (χ3v) is 5.58. The zero-order chi connectivity index (χ0) is 21.2. The number of hydrogen-bond acceptors (Lipinski definition) is 7. The van der Waals surface area contributed by atoms with E-state index in [0.717, 1.165) is 17.9 Å². The molecule has 1 atom stereocenters. The normalized spacial score (nSPS) is 13.6. The molecule has 0 saturated carbocycles. The molecule has 1 N–H and O–H groups in total. The molecule has 10 heteroatoms. The number of amides is 1. The molecule has 154 valence electrons. The molecule has 1 aliphatic heterocycles. The Morgan fingerprint density at radius 1 is 1.17 bits per heavy atom. The third-order valence-electron chi connectivity index (χ3n) is 4.14. The zero-order valence-corrected chi connectivity index (χ0v) is 17.2. The third kappa shape index (κ3) is 4.99. The molecule has 0 fully saturated rings. The van der Waals surface area contributed by atoms with Crippen LogP contribution < -0.4 is 14.8 Å². The predicted molar refractivity (Wildman–Crippen MR) is 104 cm³/mol. The molecule has 2 aromatic carbocycles. The number of carbonyl (C=O) groups excluding carboxylic acids is 2. The lowest BCUT2D eigenvalue weighted by atomic mass is 10.2. The van der Waals surface area contributed by atoms with Crippen LogP contribution in [-0.4, -0.2) is 39.4 Å². The first-order valence-corrected chi connectivity index (χ1v) is 10.8. The Labute approximate surface area is 172 Å². The van der Waals surface area contributed by atoms with E-state index in [0.29, 0.717) is 11.5 Å². The summed E-state index contributed by atoms with van der Waals surface area (Å²) in [5, 5.41) is 2.68. The van der Waals surface area contributed by atoms with E-state index in [1.54, 1.807) is 18.2 Å². The van der Waals surface area contributed by atoms with Gasteiger partial charge in [-0.15, -0.1) is 0 Å². The second kappa shape index (κ2) is 8.30. The molecule has 0 spiro atoms. The van der Waals surface area contributed by atoms with Crippen molar-refractivity contribution in [2.75, 3.05) is 13.0 Å². The minimum atomic E-state index is -3.53. The van der Waals surface area contributed by atoms with E-state index in [9.17, 15) is 18.0 Å². The number of rotatable bonds is 6. The summed E-state index contributed by atoms with van der Waals surface area (Å²) < 4.78 is 39.0. The summed E-state index contributed by atoms with van der Waals surface area (Å²) >= 11 is 5.97. The largest absolute Gasteiger partial charge is 0.454 e. The van der Waals surface area contributed by atoms with Gasteiger partial charge in [0.1, 0.15) is 0 Å². The highest BCUT2D eigenvalue weighted by Gasteiger charge is 2.22. The van der Waals surface area contributed by atoms with Gasteiger partial charge >= 0.3 is 5.97 Å². The molecular formula is C19H18ClNO7S. The average molecular weight is 440 g/mol. The number of hydrogen-bond donors (Lipinski definition) is 1. The van der Waals surface area contributed by atoms with E-state index in [-0.39, 0.29) is 28.8 Å². The van der Waals surface area contributed by atoms with Crippen molar-refractivity contribution in [1.29, 1.82) is 0 Å². The van der Waals surface area contributed by atoms with Gasteiger partial charge in [-0.3, -0.25) is 4.79 Å². The number of ether oxygens (including phenoxy) is 3. The Hall–Kier alpha value is -2.78. The zero-order valence-electron chi connectivity index (χ0n) is 15.6. The van der Waals surface area contributed by atoms with Gasteiger partial charge in [0, 0.05) is 12.8 Å². The van der Waals surface area contributed by atoms with Crippen molar-refractivity contribution in [3.05, 3.63) is 52.5 Å². The first-order valence-electron chi connectivity index (χ1n) is 8.52. The molecule has 0 bridgehead atoms. The van der Waals surface area contributed by atoms with Crippen LogP contribution in [0, 0.1) is 0 Å². The molecule has 29 heavy (non-hydrogen) atoms. The van der Waals surface area contributed by atoms with Crippen molar-refractivity contribution < 1.29 is 32.2 Å². The highest BCUT2D eigenvalue weighted by molar-refractivity contribution is 7.90. The molecule has 2 aromatic rings. The lowest BCUT2D eigenvalue weighted by Crippen LogP contribution is -2.35. The van der Waals surface area contributed by atoms with E-state index in [2.05, 4.69) is 5.32 Å². The first-order chi connectivity index (χ1) is 13.6. The van der Waals surface area contributed by atoms with Crippen LogP contribution in [0.3, 0.4) is 0 Å². The van der Waals surface area contributed by atoms with Gasteiger partial charge < -0.3 is 19.5 Å². The fraction of sp³-hybridized carbons (Fsp3) is 0.263. The van der Waals surface area contributed by atoms with Gasteiger partial charge in [-0.1, -0.05) is 17.7 Å². The Bertz CT molecular complexity index is 1070. The van der Waals surface area contributed by atoms with Crippen LogP contribution in [0.4, 0.5) is 0 Å². The summed E-state index contributed by atoms with van der Waals surface area (Å²) in [6, 6.07) is 8.97. The van der Waals surface area contributed by atoms with Gasteiger partial charge in [0.25, 0.3) is 5.91 Å². The minimum absolute atomic E-state index is 0.0235. The van der Waals surface area contributed by atoms with Crippen molar-refractivity contribution in [1.82, 2.24) is 5.32 Å². The Kier molecular flexibility index (Phi) is 5.99. The van der Waals surface area contributed by atoms with Gasteiger partial charge in [-0.25, -0.2) is 13.2 Å². The van der Waals surface area contributed by atoms with E-state index >= 15 is 0 Å². The topological polar surface area (TPSA) is 108 Å². The maximum absolute atomic E-state index is 12.3. The number of halogens is 1. The molecule has 8 nitrogen and oxygen atoms in total. The van der Waals surface area contributed by atoms with Gasteiger partial charge in [0.05, 0.1) is 15.5 Å². The average Bonchev–Trinajstić information content (AvgIpc) is 3.13. The van der Waals surface area contributed by atoms with Crippen molar-refractivity contribution in [2.45, 2.75) is 24.5 Å². The Morgan fingerprint density at radius 3 is 2.62 bits per heavy atom. The summed E-state index contributed by atoms with van der Waals surface area (Å²) in [5.74, 6) is -0.190. The standard InChI is InChI=1S/C19H18ClNO7S/c1-11(18(22)21-9-12-3-6-16-17(7-12)27-10-26-16)28-19(23)14-8-13(29(2,24)25)4-5-15(14)20/h3-8,11H,9-10H2,1-2H3,(H,21,22)/t11-/m0/s1. The van der Waals surface area contributed by atoms with Crippen molar-refractivity contribution in [3.8, 4) is 11.5 Å². The second-order valence-electron chi connectivity index (χ2n) is 6.37. The Balaban J connectivity index is 1.61. The number of benzene rings is 2. The number of fused-ring (bicyclic) bond motifs is 1.